The monoisotopic (exact) mass is 342 g/mol. The van der Waals surface area contributed by atoms with Gasteiger partial charge in [0.05, 0.1) is 19.9 Å². The molecule has 1 N–H and O–H groups in total. The third-order valence-corrected chi connectivity index (χ3v) is 3.50. The van der Waals surface area contributed by atoms with E-state index < -0.39 is 0 Å². The van der Waals surface area contributed by atoms with Crippen molar-refractivity contribution >= 4 is 12.2 Å². The Hall–Kier alpha value is -2.63. The molecule has 0 unspecified atom stereocenters. The highest BCUT2D eigenvalue weighted by Gasteiger charge is 2.06. The van der Waals surface area contributed by atoms with E-state index in [2.05, 4.69) is 34.3 Å². The maximum Gasteiger partial charge on any atom is 0.243 e. The van der Waals surface area contributed by atoms with Crippen LogP contribution in [-0.2, 0) is 0 Å². The molecule has 0 saturated carbocycles. The highest BCUT2D eigenvalue weighted by molar-refractivity contribution is 5.81. The van der Waals surface area contributed by atoms with Crippen LogP contribution in [0.25, 0.3) is 0 Å². The van der Waals surface area contributed by atoms with Crippen LogP contribution in [0.15, 0.2) is 29.4 Å². The lowest BCUT2D eigenvalue weighted by Crippen LogP contribution is -2.03. The van der Waals surface area contributed by atoms with Crippen LogP contribution in [0.3, 0.4) is 0 Å². The molecule has 1 heterocycles. The van der Waals surface area contributed by atoms with Crippen LogP contribution in [0.1, 0.15) is 37.2 Å². The lowest BCUT2D eigenvalue weighted by Gasteiger charge is -2.12. The topological polar surface area (TPSA) is 68.6 Å². The molecule has 0 aliphatic heterocycles. The predicted octanol–water partition coefficient (Wildman–Crippen LogP) is 3.97. The molecule has 0 aliphatic rings. The Bertz CT molecular complexity index is 709. The van der Waals surface area contributed by atoms with Crippen molar-refractivity contribution in [1.82, 2.24) is 9.97 Å². The summed E-state index contributed by atoms with van der Waals surface area (Å²) in [5.74, 6) is 2.52. The van der Waals surface area contributed by atoms with Gasteiger partial charge in [-0.05, 0) is 56.0 Å². The lowest BCUT2D eigenvalue weighted by molar-refractivity contribution is 0.273. The van der Waals surface area contributed by atoms with E-state index in [4.69, 9.17) is 9.47 Å². The Balaban J connectivity index is 2.01. The third kappa shape index (κ3) is 6.06. The summed E-state index contributed by atoms with van der Waals surface area (Å²) >= 11 is 0. The van der Waals surface area contributed by atoms with Crippen molar-refractivity contribution in [3.05, 3.63) is 41.2 Å². The summed E-state index contributed by atoms with van der Waals surface area (Å²) in [6, 6.07) is 7.63. The van der Waals surface area contributed by atoms with Gasteiger partial charge in [-0.2, -0.15) is 5.10 Å². The van der Waals surface area contributed by atoms with Gasteiger partial charge in [0.2, 0.25) is 5.95 Å². The second-order valence-corrected chi connectivity index (χ2v) is 6.29. The fourth-order valence-corrected chi connectivity index (χ4v) is 2.23. The first-order chi connectivity index (χ1) is 12.0. The lowest BCUT2D eigenvalue weighted by atomic mass is 10.1. The molecule has 0 fully saturated rings. The molecule has 25 heavy (non-hydrogen) atoms. The van der Waals surface area contributed by atoms with Gasteiger partial charge in [0.1, 0.15) is 0 Å². The van der Waals surface area contributed by atoms with E-state index in [1.54, 1.807) is 13.3 Å². The van der Waals surface area contributed by atoms with E-state index in [1.165, 1.54) is 0 Å². The number of nitrogens with one attached hydrogen (secondary N) is 1. The number of hydrogen-bond acceptors (Lipinski definition) is 6. The molecule has 1 aromatic carbocycles. The van der Waals surface area contributed by atoms with Gasteiger partial charge in [0.25, 0.3) is 0 Å². The van der Waals surface area contributed by atoms with Crippen molar-refractivity contribution in [2.45, 2.75) is 34.1 Å². The minimum absolute atomic E-state index is 0.481. The summed E-state index contributed by atoms with van der Waals surface area (Å²) in [6.07, 6.45) is 2.70. The largest absolute Gasteiger partial charge is 0.493 e. The predicted molar refractivity (Wildman–Crippen MR) is 101 cm³/mol. The maximum atomic E-state index is 5.79. The number of rotatable bonds is 8. The van der Waals surface area contributed by atoms with Crippen molar-refractivity contribution in [1.29, 1.82) is 0 Å². The summed E-state index contributed by atoms with van der Waals surface area (Å²) in [4.78, 5) is 8.56. The van der Waals surface area contributed by atoms with E-state index in [0.717, 1.165) is 29.1 Å². The Kier molecular flexibility index (Phi) is 6.74. The standard InChI is InChI=1S/C19H26N4O2/c1-13(2)8-9-25-17-7-6-16(11-18(17)24-5)12-20-23-19-21-14(3)10-15(4)22-19/h6-7,10-13H,8-9H2,1-5H3,(H,21,22,23)/b20-12-. The van der Waals surface area contributed by atoms with Crippen molar-refractivity contribution in [3.8, 4) is 11.5 Å². The zero-order valence-electron chi connectivity index (χ0n) is 15.5. The maximum absolute atomic E-state index is 5.79. The molecule has 0 amide bonds. The Morgan fingerprint density at radius 2 is 1.84 bits per heavy atom. The molecule has 0 spiro atoms. The minimum Gasteiger partial charge on any atom is -0.493 e. The second-order valence-electron chi connectivity index (χ2n) is 6.29. The zero-order valence-corrected chi connectivity index (χ0v) is 15.5. The molecule has 0 aliphatic carbocycles. The number of benzene rings is 1. The number of hydrogen-bond donors (Lipinski definition) is 1. The molecule has 1 aromatic heterocycles. The summed E-state index contributed by atoms with van der Waals surface area (Å²) in [6.45, 7) is 8.87. The molecule has 0 bridgehead atoms. The smallest absolute Gasteiger partial charge is 0.243 e. The minimum atomic E-state index is 0.481. The van der Waals surface area contributed by atoms with Crippen LogP contribution in [0.2, 0.25) is 0 Å². The molecule has 0 atom stereocenters. The number of nitrogens with zero attached hydrogens (tertiary/aromatic N) is 3. The van der Waals surface area contributed by atoms with Crippen molar-refractivity contribution < 1.29 is 9.47 Å². The molecule has 2 aromatic rings. The van der Waals surface area contributed by atoms with Crippen LogP contribution < -0.4 is 14.9 Å². The molecule has 6 nitrogen and oxygen atoms in total. The van der Waals surface area contributed by atoms with Gasteiger partial charge in [-0.1, -0.05) is 13.8 Å². The quantitative estimate of drug-likeness (QED) is 0.580. The Labute approximate surface area is 149 Å². The zero-order chi connectivity index (χ0) is 18.2. The van der Waals surface area contributed by atoms with Crippen LogP contribution in [0.4, 0.5) is 5.95 Å². The van der Waals surface area contributed by atoms with Crippen LogP contribution in [0.5, 0.6) is 11.5 Å². The highest BCUT2D eigenvalue weighted by atomic mass is 16.5. The summed E-state index contributed by atoms with van der Waals surface area (Å²) in [7, 11) is 1.63. The number of anilines is 1. The fourth-order valence-electron chi connectivity index (χ4n) is 2.23. The first kappa shape index (κ1) is 18.7. The third-order valence-electron chi connectivity index (χ3n) is 3.50. The Morgan fingerprint density at radius 3 is 2.48 bits per heavy atom. The second kappa shape index (κ2) is 9.01. The van der Waals surface area contributed by atoms with E-state index in [0.29, 0.717) is 24.2 Å². The van der Waals surface area contributed by atoms with E-state index in [9.17, 15) is 0 Å². The first-order valence-corrected chi connectivity index (χ1v) is 8.40. The van der Waals surface area contributed by atoms with Crippen molar-refractivity contribution in [2.24, 2.45) is 11.0 Å². The van der Waals surface area contributed by atoms with Gasteiger partial charge < -0.3 is 9.47 Å². The van der Waals surface area contributed by atoms with Crippen molar-refractivity contribution in [2.75, 3.05) is 19.1 Å². The van der Waals surface area contributed by atoms with Crippen molar-refractivity contribution in [3.63, 3.8) is 0 Å². The molecular formula is C19H26N4O2. The van der Waals surface area contributed by atoms with Gasteiger partial charge in [-0.3, -0.25) is 0 Å². The van der Waals surface area contributed by atoms with Crippen LogP contribution in [0, 0.1) is 19.8 Å². The first-order valence-electron chi connectivity index (χ1n) is 8.40. The molecule has 134 valence electrons. The number of aromatic nitrogens is 2. The molecule has 0 saturated heterocycles. The van der Waals surface area contributed by atoms with E-state index in [-0.39, 0.29) is 0 Å². The summed E-state index contributed by atoms with van der Waals surface area (Å²) in [5.41, 5.74) is 5.54. The Morgan fingerprint density at radius 1 is 1.12 bits per heavy atom. The van der Waals surface area contributed by atoms with Gasteiger partial charge in [-0.15, -0.1) is 0 Å². The number of ether oxygens (including phenoxy) is 2. The number of hydrazone groups is 1. The molecule has 0 radical (unpaired) electrons. The average Bonchev–Trinajstić information content (AvgIpc) is 2.54. The van der Waals surface area contributed by atoms with Gasteiger partial charge in [-0.25, -0.2) is 15.4 Å². The average molecular weight is 342 g/mol. The summed E-state index contributed by atoms with van der Waals surface area (Å²) < 4.78 is 11.2. The SMILES string of the molecule is COc1cc(/C=N\Nc2nc(C)cc(C)n2)ccc1OCCC(C)C. The molecule has 6 heteroatoms. The van der Waals surface area contributed by atoms with E-state index >= 15 is 0 Å². The summed E-state index contributed by atoms with van der Waals surface area (Å²) in [5, 5.41) is 4.19. The van der Waals surface area contributed by atoms with Gasteiger partial charge in [0, 0.05) is 11.4 Å². The van der Waals surface area contributed by atoms with Gasteiger partial charge in [0.15, 0.2) is 11.5 Å². The highest BCUT2D eigenvalue weighted by Crippen LogP contribution is 2.27. The molecular weight excluding hydrogens is 316 g/mol. The fraction of sp³-hybridized carbons (Fsp3) is 0.421. The number of aryl methyl sites for hydroxylation is 2. The van der Waals surface area contributed by atoms with Gasteiger partial charge >= 0.3 is 0 Å². The normalized spacial score (nSPS) is 11.1. The van der Waals surface area contributed by atoms with Crippen LogP contribution in [-0.4, -0.2) is 29.9 Å². The van der Waals surface area contributed by atoms with E-state index in [1.807, 2.05) is 38.1 Å². The number of methoxy groups -OCH3 is 1. The van der Waals surface area contributed by atoms with Crippen LogP contribution >= 0.6 is 0 Å². The molecule has 2 rings (SSSR count).